The summed E-state index contributed by atoms with van der Waals surface area (Å²) >= 11 is 3.56. The molecular weight excluding hydrogens is 266 g/mol. The molecule has 1 aliphatic rings. The van der Waals surface area contributed by atoms with Crippen molar-refractivity contribution in [3.05, 3.63) is 27.7 Å². The molecule has 1 aliphatic carbocycles. The lowest BCUT2D eigenvalue weighted by Gasteiger charge is -2.23. The molecule has 1 aromatic carbocycles. The number of methoxy groups -OCH3 is 1. The first-order valence-corrected chi connectivity index (χ1v) is 6.41. The molecule has 1 aromatic rings. The van der Waals surface area contributed by atoms with Gasteiger partial charge in [0.1, 0.15) is 5.75 Å². The average molecular weight is 284 g/mol. The van der Waals surface area contributed by atoms with Gasteiger partial charge in [0.05, 0.1) is 11.6 Å². The van der Waals surface area contributed by atoms with Crippen molar-refractivity contribution in [1.29, 1.82) is 0 Å². The molecule has 2 nitrogen and oxygen atoms in total. The molecule has 0 saturated heterocycles. The predicted octanol–water partition coefficient (Wildman–Crippen LogP) is 3.14. The van der Waals surface area contributed by atoms with Crippen LogP contribution in [-0.2, 0) is 5.41 Å². The lowest BCUT2D eigenvalue weighted by atomic mass is 9.88. The van der Waals surface area contributed by atoms with Gasteiger partial charge in [0.15, 0.2) is 0 Å². The van der Waals surface area contributed by atoms with Crippen molar-refractivity contribution in [1.82, 2.24) is 0 Å². The Kier molecular flexibility index (Phi) is 3.01. The Balaban J connectivity index is 2.55. The van der Waals surface area contributed by atoms with Crippen molar-refractivity contribution >= 4 is 15.9 Å². The van der Waals surface area contributed by atoms with Crippen LogP contribution in [0.25, 0.3) is 0 Å². The largest absolute Gasteiger partial charge is 0.495 e. The highest BCUT2D eigenvalue weighted by Gasteiger charge is 2.49. The van der Waals surface area contributed by atoms with Crippen LogP contribution in [0, 0.1) is 6.92 Å². The van der Waals surface area contributed by atoms with Gasteiger partial charge in [0.25, 0.3) is 0 Å². The van der Waals surface area contributed by atoms with Gasteiger partial charge in [-0.15, -0.1) is 0 Å². The number of ether oxygens (including phenoxy) is 1. The summed E-state index contributed by atoms with van der Waals surface area (Å²) in [5, 5.41) is 0. The van der Waals surface area contributed by atoms with Gasteiger partial charge in [-0.1, -0.05) is 6.07 Å². The van der Waals surface area contributed by atoms with E-state index in [1.54, 1.807) is 7.11 Å². The Morgan fingerprint density at radius 2 is 2.06 bits per heavy atom. The summed E-state index contributed by atoms with van der Waals surface area (Å²) in [5.74, 6) is 0.945. The van der Waals surface area contributed by atoms with Crippen molar-refractivity contribution in [3.63, 3.8) is 0 Å². The van der Waals surface area contributed by atoms with E-state index in [1.165, 1.54) is 11.1 Å². The molecule has 1 saturated carbocycles. The maximum Gasteiger partial charge on any atom is 0.136 e. The molecular formula is C13H18BrNO. The van der Waals surface area contributed by atoms with Gasteiger partial charge in [-0.25, -0.2) is 0 Å². The summed E-state index contributed by atoms with van der Waals surface area (Å²) in [4.78, 5) is 0. The fourth-order valence-electron chi connectivity index (χ4n) is 2.41. The predicted molar refractivity (Wildman–Crippen MR) is 70.0 cm³/mol. The summed E-state index contributed by atoms with van der Waals surface area (Å²) in [6, 6.07) is 4.47. The highest BCUT2D eigenvalue weighted by molar-refractivity contribution is 9.10. The second-order valence-corrected chi connectivity index (χ2v) is 5.63. The second kappa shape index (κ2) is 4.04. The second-order valence-electron chi connectivity index (χ2n) is 4.77. The third-order valence-electron chi connectivity index (χ3n) is 3.59. The highest BCUT2D eigenvalue weighted by atomic mass is 79.9. The summed E-state index contributed by atoms with van der Waals surface area (Å²) in [5.41, 5.74) is 8.76. The third kappa shape index (κ3) is 1.76. The molecule has 0 amide bonds. The topological polar surface area (TPSA) is 35.2 Å². The van der Waals surface area contributed by atoms with E-state index < -0.39 is 0 Å². The van der Waals surface area contributed by atoms with Crippen LogP contribution in [0.3, 0.4) is 0 Å². The fraction of sp³-hybridized carbons (Fsp3) is 0.538. The number of aryl methyl sites for hydroxylation is 1. The van der Waals surface area contributed by atoms with Crippen LogP contribution in [0.15, 0.2) is 16.6 Å². The van der Waals surface area contributed by atoms with Crippen LogP contribution < -0.4 is 10.5 Å². The van der Waals surface area contributed by atoms with Crippen LogP contribution in [0.4, 0.5) is 0 Å². The van der Waals surface area contributed by atoms with E-state index in [1.807, 2.05) is 0 Å². The Bertz CT molecular complexity index is 411. The molecule has 2 N–H and O–H groups in total. The van der Waals surface area contributed by atoms with E-state index >= 15 is 0 Å². The van der Waals surface area contributed by atoms with E-state index in [0.29, 0.717) is 0 Å². The number of hydrogen-bond acceptors (Lipinski definition) is 2. The van der Waals surface area contributed by atoms with Gasteiger partial charge in [-0.3, -0.25) is 0 Å². The summed E-state index contributed by atoms with van der Waals surface area (Å²) in [6.45, 7) is 4.19. The average Bonchev–Trinajstić information content (AvgIpc) is 2.97. The first-order valence-electron chi connectivity index (χ1n) is 5.61. The van der Waals surface area contributed by atoms with E-state index in [-0.39, 0.29) is 11.5 Å². The van der Waals surface area contributed by atoms with E-state index in [9.17, 15) is 0 Å². The SMILES string of the molecule is COc1c(Br)cc(C)cc1C1(C(C)N)CC1. The van der Waals surface area contributed by atoms with E-state index in [0.717, 1.165) is 23.1 Å². The van der Waals surface area contributed by atoms with Crippen LogP contribution in [0.1, 0.15) is 30.9 Å². The zero-order chi connectivity index (χ0) is 11.9. The van der Waals surface area contributed by atoms with Crippen LogP contribution in [0.5, 0.6) is 5.75 Å². The molecule has 0 spiro atoms. The summed E-state index contributed by atoms with van der Waals surface area (Å²) < 4.78 is 6.53. The van der Waals surface area contributed by atoms with Crippen LogP contribution in [0.2, 0.25) is 0 Å². The smallest absolute Gasteiger partial charge is 0.136 e. The third-order valence-corrected chi connectivity index (χ3v) is 4.18. The Labute approximate surface area is 105 Å². The molecule has 1 fully saturated rings. The first-order chi connectivity index (χ1) is 7.51. The number of rotatable bonds is 3. The molecule has 88 valence electrons. The van der Waals surface area contributed by atoms with E-state index in [4.69, 9.17) is 10.5 Å². The molecule has 16 heavy (non-hydrogen) atoms. The number of benzene rings is 1. The van der Waals surface area contributed by atoms with Crippen LogP contribution in [-0.4, -0.2) is 13.2 Å². The number of halogens is 1. The molecule has 2 rings (SSSR count). The van der Waals surface area contributed by atoms with Gasteiger partial charge in [0.2, 0.25) is 0 Å². The molecule has 0 heterocycles. The molecule has 3 heteroatoms. The van der Waals surface area contributed by atoms with Crippen molar-refractivity contribution in [3.8, 4) is 5.75 Å². The molecule has 0 aromatic heterocycles. The lowest BCUT2D eigenvalue weighted by Crippen LogP contribution is -2.32. The minimum Gasteiger partial charge on any atom is -0.495 e. The quantitative estimate of drug-likeness (QED) is 0.925. The summed E-state index contributed by atoms with van der Waals surface area (Å²) in [7, 11) is 1.72. The first kappa shape index (κ1) is 11.9. The van der Waals surface area contributed by atoms with E-state index in [2.05, 4.69) is 41.9 Å². The minimum absolute atomic E-state index is 0.139. The van der Waals surface area contributed by atoms with Gasteiger partial charge < -0.3 is 10.5 Å². The van der Waals surface area contributed by atoms with Gasteiger partial charge >= 0.3 is 0 Å². The van der Waals surface area contributed by atoms with Crippen molar-refractivity contribution in [2.45, 2.75) is 38.1 Å². The van der Waals surface area contributed by atoms with Gasteiger partial charge in [-0.05, 0) is 54.2 Å². The fourth-order valence-corrected chi connectivity index (χ4v) is 3.15. The van der Waals surface area contributed by atoms with Crippen molar-refractivity contribution < 1.29 is 4.74 Å². The van der Waals surface area contributed by atoms with Gasteiger partial charge in [0, 0.05) is 17.0 Å². The molecule has 0 aliphatic heterocycles. The zero-order valence-electron chi connectivity index (χ0n) is 10.0. The van der Waals surface area contributed by atoms with Gasteiger partial charge in [-0.2, -0.15) is 0 Å². The Morgan fingerprint density at radius 3 is 2.50 bits per heavy atom. The lowest BCUT2D eigenvalue weighted by molar-refractivity contribution is 0.395. The zero-order valence-corrected chi connectivity index (χ0v) is 11.6. The van der Waals surface area contributed by atoms with Crippen molar-refractivity contribution in [2.75, 3.05) is 7.11 Å². The van der Waals surface area contributed by atoms with Crippen molar-refractivity contribution in [2.24, 2.45) is 5.73 Å². The number of nitrogens with two attached hydrogens (primary N) is 1. The molecule has 1 atom stereocenters. The maximum atomic E-state index is 6.12. The Morgan fingerprint density at radius 1 is 1.44 bits per heavy atom. The molecule has 0 radical (unpaired) electrons. The monoisotopic (exact) mass is 283 g/mol. The standard InChI is InChI=1S/C13H18BrNO/c1-8-6-10(12(16-3)11(14)7-8)13(4-5-13)9(2)15/h6-7,9H,4-5,15H2,1-3H3. The number of hydrogen-bond donors (Lipinski definition) is 1. The minimum atomic E-state index is 0.139. The Hall–Kier alpha value is -0.540. The summed E-state index contributed by atoms with van der Waals surface area (Å²) in [6.07, 6.45) is 2.33. The maximum absolute atomic E-state index is 6.12. The normalized spacial score (nSPS) is 19.3. The highest BCUT2D eigenvalue weighted by Crippen LogP contribution is 2.54. The van der Waals surface area contributed by atoms with Crippen LogP contribution >= 0.6 is 15.9 Å². The molecule has 0 bridgehead atoms. The molecule has 1 unspecified atom stereocenters.